The number of nitrogens with zero attached hydrogens (tertiary/aromatic N) is 1. The van der Waals surface area contributed by atoms with Crippen molar-refractivity contribution in [3.8, 4) is 5.75 Å². The molecule has 1 unspecified atom stereocenters. The van der Waals surface area contributed by atoms with Crippen molar-refractivity contribution in [2.45, 2.75) is 13.3 Å². The Balaban J connectivity index is 0.000000878. The minimum absolute atomic E-state index is 0.375. The van der Waals surface area contributed by atoms with Crippen LogP contribution in [-0.4, -0.2) is 19.2 Å². The Bertz CT molecular complexity index is 891. The van der Waals surface area contributed by atoms with Gasteiger partial charge in [0, 0.05) is 30.4 Å². The topological polar surface area (TPSA) is 23.5 Å². The fraction of sp³-hybridized carbons (Fsp3) is 0.182. The third kappa shape index (κ3) is 7.10. The van der Waals surface area contributed by atoms with Gasteiger partial charge in [-0.2, -0.15) is 0 Å². The predicted octanol–water partition coefficient (Wildman–Crippen LogP) is 5.36. The summed E-state index contributed by atoms with van der Waals surface area (Å²) in [6, 6.07) is 22.9. The standard InChI is InChI=1S/C22H24NOP.2ClH.Ti/c1-16-9-12-21(19(13-16)23(2)3)25-22-15-18(10-11-20(22)24)14-17-7-5-4-6-8-17;;;/h4-13,15,24-25H,14H2,1-3H3;2*1H;/q;;;+2/p-2. The van der Waals surface area contributed by atoms with Gasteiger partial charge >= 0.3 is 35.6 Å². The maximum absolute atomic E-state index is 10.3. The van der Waals surface area contributed by atoms with Gasteiger partial charge in [-0.15, -0.1) is 0 Å². The average Bonchev–Trinajstić information content (AvgIpc) is 2.67. The van der Waals surface area contributed by atoms with Crippen LogP contribution in [0.1, 0.15) is 16.7 Å². The fourth-order valence-electron chi connectivity index (χ4n) is 2.89. The summed E-state index contributed by atoms with van der Waals surface area (Å²) in [5.74, 6) is 0.375. The summed E-state index contributed by atoms with van der Waals surface area (Å²) in [7, 11) is 14.3. The Hall–Kier alpha value is -1.02. The molecular weight excluding hydrogens is 444 g/mol. The van der Waals surface area contributed by atoms with E-state index >= 15 is 0 Å². The van der Waals surface area contributed by atoms with Crippen molar-refractivity contribution >= 4 is 43.5 Å². The molecule has 0 fully saturated rings. The van der Waals surface area contributed by atoms with Crippen molar-refractivity contribution in [1.82, 2.24) is 0 Å². The van der Waals surface area contributed by atoms with Gasteiger partial charge in [0.05, 0.1) is 0 Å². The van der Waals surface area contributed by atoms with Gasteiger partial charge < -0.3 is 10.0 Å². The van der Waals surface area contributed by atoms with Gasteiger partial charge in [-0.05, 0) is 48.2 Å². The molecule has 2 nitrogen and oxygen atoms in total. The summed E-state index contributed by atoms with van der Waals surface area (Å²) in [6.45, 7) is 2.11. The number of halogens is 2. The SMILES string of the molecule is Cc1ccc(Pc2cc(Cc3ccccc3)ccc2O)c(N(C)C)c1.[Cl][Ti][Cl]. The number of hydrogen-bond donors (Lipinski definition) is 1. The van der Waals surface area contributed by atoms with Gasteiger partial charge in [0.2, 0.25) is 0 Å². The second-order valence-corrected chi connectivity index (χ2v) is 10.5. The molecule has 146 valence electrons. The van der Waals surface area contributed by atoms with Crippen LogP contribution in [0, 0.1) is 6.92 Å². The molecule has 0 aliphatic rings. The van der Waals surface area contributed by atoms with Gasteiger partial charge in [-0.3, -0.25) is 0 Å². The molecule has 1 atom stereocenters. The van der Waals surface area contributed by atoms with E-state index in [9.17, 15) is 5.11 Å². The van der Waals surface area contributed by atoms with Crippen LogP contribution < -0.4 is 15.5 Å². The Morgan fingerprint density at radius 3 is 2.21 bits per heavy atom. The van der Waals surface area contributed by atoms with E-state index in [1.807, 2.05) is 18.2 Å². The zero-order valence-corrected chi connectivity index (χ0v) is 20.3. The molecular formula is C22H24Cl2NOPTi. The summed E-state index contributed by atoms with van der Waals surface area (Å²) in [5, 5.41) is 12.6. The molecule has 28 heavy (non-hydrogen) atoms. The molecule has 0 aromatic heterocycles. The van der Waals surface area contributed by atoms with E-state index in [2.05, 4.69) is 74.4 Å². The maximum atomic E-state index is 10.3. The molecule has 3 rings (SSSR count). The summed E-state index contributed by atoms with van der Waals surface area (Å²) >= 11 is -0.556. The van der Waals surface area contributed by atoms with Gasteiger partial charge in [-0.1, -0.05) is 57.1 Å². The predicted molar refractivity (Wildman–Crippen MR) is 122 cm³/mol. The van der Waals surface area contributed by atoms with Gasteiger partial charge in [0.25, 0.3) is 0 Å². The normalized spacial score (nSPS) is 10.5. The van der Waals surface area contributed by atoms with E-state index in [1.165, 1.54) is 27.7 Å². The molecule has 3 aromatic rings. The molecule has 0 heterocycles. The van der Waals surface area contributed by atoms with Gasteiger partial charge in [0.15, 0.2) is 0 Å². The van der Waals surface area contributed by atoms with Crippen molar-refractivity contribution in [3.63, 3.8) is 0 Å². The summed E-state index contributed by atoms with van der Waals surface area (Å²) in [5.41, 5.74) is 4.97. The van der Waals surface area contributed by atoms with E-state index in [-0.39, 0.29) is 0 Å². The fourth-order valence-corrected chi connectivity index (χ4v) is 4.24. The molecule has 0 spiro atoms. The quantitative estimate of drug-likeness (QED) is 0.403. The molecule has 0 aliphatic heterocycles. The number of hydrogen-bond acceptors (Lipinski definition) is 2. The first-order valence-electron chi connectivity index (χ1n) is 8.81. The van der Waals surface area contributed by atoms with Crippen LogP contribution >= 0.6 is 27.2 Å². The first-order valence-corrected chi connectivity index (χ1v) is 14.1. The number of phenolic OH excluding ortho intramolecular Hbond substituents is 1. The van der Waals surface area contributed by atoms with Crippen LogP contribution in [0.25, 0.3) is 0 Å². The number of benzene rings is 3. The summed E-state index contributed by atoms with van der Waals surface area (Å²) in [6.07, 6.45) is 0.882. The molecule has 0 saturated heterocycles. The van der Waals surface area contributed by atoms with Gasteiger partial charge in [-0.25, -0.2) is 0 Å². The van der Waals surface area contributed by atoms with Crippen LogP contribution in [0.2, 0.25) is 0 Å². The molecule has 0 radical (unpaired) electrons. The molecule has 0 aliphatic carbocycles. The first-order chi connectivity index (χ1) is 13.4. The molecule has 6 heteroatoms. The van der Waals surface area contributed by atoms with Crippen LogP contribution in [0.4, 0.5) is 5.69 Å². The van der Waals surface area contributed by atoms with Crippen LogP contribution in [-0.2, 0) is 23.5 Å². The Kier molecular flexibility index (Phi) is 9.85. The number of phenols is 1. The van der Waals surface area contributed by atoms with E-state index in [4.69, 9.17) is 18.6 Å². The summed E-state index contributed by atoms with van der Waals surface area (Å²) < 4.78 is 0. The zero-order chi connectivity index (χ0) is 20.5. The van der Waals surface area contributed by atoms with Crippen molar-refractivity contribution < 1.29 is 22.1 Å². The second-order valence-electron chi connectivity index (χ2n) is 6.63. The number of rotatable bonds is 5. The Labute approximate surface area is 186 Å². The first kappa shape index (κ1) is 23.3. The van der Waals surface area contributed by atoms with E-state index in [0.29, 0.717) is 14.3 Å². The third-order valence-corrected chi connectivity index (χ3v) is 5.58. The molecule has 0 amide bonds. The van der Waals surface area contributed by atoms with Crippen LogP contribution in [0.3, 0.4) is 0 Å². The Morgan fingerprint density at radius 2 is 1.57 bits per heavy atom. The third-order valence-electron chi connectivity index (χ3n) is 4.22. The van der Waals surface area contributed by atoms with Crippen LogP contribution in [0.5, 0.6) is 5.75 Å². The number of aryl methyl sites for hydroxylation is 1. The van der Waals surface area contributed by atoms with E-state index in [0.717, 1.165) is 11.7 Å². The van der Waals surface area contributed by atoms with Crippen molar-refractivity contribution in [1.29, 1.82) is 0 Å². The van der Waals surface area contributed by atoms with Crippen molar-refractivity contribution in [2.75, 3.05) is 19.0 Å². The molecule has 1 N–H and O–H groups in total. The number of aromatic hydroxyl groups is 1. The second kappa shape index (κ2) is 11.9. The number of anilines is 1. The Morgan fingerprint density at radius 1 is 0.893 bits per heavy atom. The average molecular weight is 468 g/mol. The molecule has 0 saturated carbocycles. The minimum atomic E-state index is -0.556. The van der Waals surface area contributed by atoms with E-state index < -0.39 is 17.0 Å². The molecule has 3 aromatic carbocycles. The van der Waals surface area contributed by atoms with Crippen molar-refractivity contribution in [2.24, 2.45) is 0 Å². The van der Waals surface area contributed by atoms with Gasteiger partial charge in [0.1, 0.15) is 5.75 Å². The van der Waals surface area contributed by atoms with E-state index in [1.54, 1.807) is 0 Å². The van der Waals surface area contributed by atoms with Crippen LogP contribution in [0.15, 0.2) is 66.7 Å². The van der Waals surface area contributed by atoms with Crippen molar-refractivity contribution in [3.05, 3.63) is 83.4 Å². The molecule has 0 bridgehead atoms. The summed E-state index contributed by atoms with van der Waals surface area (Å²) in [4.78, 5) is 2.14. The zero-order valence-electron chi connectivity index (χ0n) is 16.2. The monoisotopic (exact) mass is 467 g/mol.